The molecule has 226 valence electrons. The molecule has 3 aliphatic rings. The lowest BCUT2D eigenvalue weighted by Gasteiger charge is -2.03. The summed E-state index contributed by atoms with van der Waals surface area (Å²) in [6.07, 6.45) is 37.3. The first-order valence-electron chi connectivity index (χ1n) is 17.4. The van der Waals surface area contributed by atoms with Crippen LogP contribution in [0, 0.1) is 0 Å². The first-order valence-corrected chi connectivity index (χ1v) is 17.4. The van der Waals surface area contributed by atoms with Crippen LogP contribution in [-0.4, -0.2) is 36.5 Å². The Kier molecular flexibility index (Phi) is 16.8. The zero-order valence-corrected chi connectivity index (χ0v) is 25.8. The molecule has 0 aromatic carbocycles. The molecular weight excluding hydrogens is 484 g/mol. The first-order chi connectivity index (χ1) is 19.2. The maximum atomic E-state index is 11.6. The van der Waals surface area contributed by atoms with Crippen molar-refractivity contribution >= 4 is 5.97 Å². The van der Waals surface area contributed by atoms with Crippen LogP contribution in [0.1, 0.15) is 174 Å². The molecule has 4 heteroatoms. The van der Waals surface area contributed by atoms with Crippen molar-refractivity contribution in [1.29, 1.82) is 0 Å². The Morgan fingerprint density at radius 2 is 0.949 bits per heavy atom. The van der Waals surface area contributed by atoms with Gasteiger partial charge in [-0.3, -0.25) is 0 Å². The molecule has 0 unspecified atom stereocenters. The van der Waals surface area contributed by atoms with E-state index in [0.29, 0.717) is 24.4 Å². The zero-order valence-electron chi connectivity index (χ0n) is 25.8. The molecule has 39 heavy (non-hydrogen) atoms. The van der Waals surface area contributed by atoms with Crippen molar-refractivity contribution in [2.75, 3.05) is 0 Å². The summed E-state index contributed by atoms with van der Waals surface area (Å²) < 4.78 is 17.1. The molecule has 0 aliphatic carbocycles. The third kappa shape index (κ3) is 14.5. The Morgan fingerprint density at radius 1 is 0.564 bits per heavy atom. The van der Waals surface area contributed by atoms with E-state index in [9.17, 15) is 4.79 Å². The number of ether oxygens (including phenoxy) is 3. The largest absolute Gasteiger partial charge is 0.455 e. The highest BCUT2D eigenvalue weighted by Crippen LogP contribution is 2.42. The molecular formula is C35H62O4. The highest BCUT2D eigenvalue weighted by atomic mass is 16.7. The smallest absolute Gasteiger partial charge is 0.334 e. The number of carbonyl (C=O) groups excluding carboxylic acids is 1. The summed E-state index contributed by atoms with van der Waals surface area (Å²) in [5, 5.41) is 0. The van der Waals surface area contributed by atoms with Gasteiger partial charge in [0.05, 0.1) is 12.2 Å². The van der Waals surface area contributed by atoms with Crippen LogP contribution in [0.25, 0.3) is 0 Å². The Hall–Kier alpha value is -0.870. The normalized spacial score (nSPS) is 25.6. The molecule has 4 nitrogen and oxygen atoms in total. The Labute approximate surface area is 241 Å². The predicted octanol–water partition coefficient (Wildman–Crippen LogP) is 10.2. The van der Waals surface area contributed by atoms with Gasteiger partial charge in [0.25, 0.3) is 0 Å². The summed E-state index contributed by atoms with van der Waals surface area (Å²) in [6.45, 7) is 4.22. The molecule has 3 rings (SSSR count). The number of hydrogen-bond acceptors (Lipinski definition) is 4. The predicted molar refractivity (Wildman–Crippen MR) is 162 cm³/mol. The van der Waals surface area contributed by atoms with E-state index in [1.165, 1.54) is 148 Å². The van der Waals surface area contributed by atoms with Crippen molar-refractivity contribution in [3.63, 3.8) is 0 Å². The van der Waals surface area contributed by atoms with E-state index in [1.54, 1.807) is 0 Å². The molecule has 3 heterocycles. The van der Waals surface area contributed by atoms with Gasteiger partial charge in [-0.1, -0.05) is 142 Å². The molecule has 0 spiro atoms. The van der Waals surface area contributed by atoms with Crippen LogP contribution in [0.2, 0.25) is 0 Å². The molecule has 0 amide bonds. The van der Waals surface area contributed by atoms with Crippen LogP contribution < -0.4 is 0 Å². The number of unbranched alkanes of at least 4 members (excludes halogenated alkanes) is 20. The van der Waals surface area contributed by atoms with Gasteiger partial charge in [0, 0.05) is 5.57 Å². The van der Waals surface area contributed by atoms with Crippen LogP contribution in [0.15, 0.2) is 11.6 Å². The molecule has 2 saturated heterocycles. The monoisotopic (exact) mass is 546 g/mol. The van der Waals surface area contributed by atoms with E-state index in [4.69, 9.17) is 14.2 Å². The topological polar surface area (TPSA) is 51.4 Å². The lowest BCUT2D eigenvalue weighted by molar-refractivity contribution is -0.139. The Morgan fingerprint density at radius 3 is 1.33 bits per heavy atom. The van der Waals surface area contributed by atoms with Crippen molar-refractivity contribution < 1.29 is 19.0 Å². The van der Waals surface area contributed by atoms with Crippen LogP contribution in [0.3, 0.4) is 0 Å². The second-order valence-electron chi connectivity index (χ2n) is 12.8. The number of rotatable bonds is 27. The minimum absolute atomic E-state index is 0.0314. The average Bonchev–Trinajstić information content (AvgIpc) is 3.83. The third-order valence-electron chi connectivity index (χ3n) is 9.09. The summed E-state index contributed by atoms with van der Waals surface area (Å²) in [5.74, 6) is -0.103. The average molecular weight is 547 g/mol. The van der Waals surface area contributed by atoms with Gasteiger partial charge in [-0.15, -0.1) is 0 Å². The second kappa shape index (κ2) is 20.1. The highest BCUT2D eigenvalue weighted by Gasteiger charge is 2.56. The van der Waals surface area contributed by atoms with Gasteiger partial charge < -0.3 is 14.2 Å². The van der Waals surface area contributed by atoms with E-state index in [-0.39, 0.29) is 12.1 Å². The van der Waals surface area contributed by atoms with Crippen LogP contribution in [0.4, 0.5) is 0 Å². The lowest BCUT2D eigenvalue weighted by atomic mass is 10.0. The van der Waals surface area contributed by atoms with E-state index in [1.807, 2.05) is 13.0 Å². The SMILES string of the molecule is CCCCCCCCCCCCCCCCCC[C@H]1O[C@@H]1[C@H]1O[C@@H]1CCCCCCCCC1=C[C@H](C)OC1=O. The van der Waals surface area contributed by atoms with Crippen molar-refractivity contribution in [1.82, 2.24) is 0 Å². The maximum Gasteiger partial charge on any atom is 0.334 e. The molecule has 2 fully saturated rings. The Balaban J connectivity index is 0.996. The van der Waals surface area contributed by atoms with Gasteiger partial charge in [-0.25, -0.2) is 4.79 Å². The van der Waals surface area contributed by atoms with Gasteiger partial charge in [0.1, 0.15) is 18.3 Å². The molecule has 0 N–H and O–H groups in total. The molecule has 3 aliphatic heterocycles. The standard InChI is InChI=1S/C35H62O4/c1-3-4-5-6-7-8-9-10-11-12-13-14-15-16-20-23-26-31-33(38-31)34-32(39-34)27-24-21-18-17-19-22-25-30-28-29(2)37-35(30)36/h28-29,31-34H,3-27H2,1-2H3/t29-,31+,32+,33-,34-/m0/s1. The van der Waals surface area contributed by atoms with E-state index in [0.717, 1.165) is 18.4 Å². The summed E-state index contributed by atoms with van der Waals surface area (Å²) in [5.41, 5.74) is 0.884. The van der Waals surface area contributed by atoms with Crippen LogP contribution in [0.5, 0.6) is 0 Å². The minimum atomic E-state index is -0.103. The van der Waals surface area contributed by atoms with Crippen LogP contribution >= 0.6 is 0 Å². The van der Waals surface area contributed by atoms with Crippen molar-refractivity contribution in [2.24, 2.45) is 0 Å². The molecule has 0 saturated carbocycles. The zero-order chi connectivity index (χ0) is 27.5. The van der Waals surface area contributed by atoms with Crippen molar-refractivity contribution in [3.05, 3.63) is 11.6 Å². The molecule has 0 radical (unpaired) electrons. The quantitative estimate of drug-likeness (QED) is 0.0584. The lowest BCUT2D eigenvalue weighted by Crippen LogP contribution is -2.06. The number of esters is 1. The second-order valence-corrected chi connectivity index (χ2v) is 12.8. The third-order valence-corrected chi connectivity index (χ3v) is 9.09. The van der Waals surface area contributed by atoms with Crippen molar-refractivity contribution in [2.45, 2.75) is 205 Å². The minimum Gasteiger partial charge on any atom is -0.455 e. The fourth-order valence-corrected chi connectivity index (χ4v) is 6.43. The Bertz CT molecular complexity index is 674. The molecule has 5 atom stereocenters. The first kappa shape index (κ1) is 32.6. The number of hydrogen-bond donors (Lipinski definition) is 0. The maximum absolute atomic E-state index is 11.6. The summed E-state index contributed by atoms with van der Waals surface area (Å²) >= 11 is 0. The van der Waals surface area contributed by atoms with Gasteiger partial charge in [-0.2, -0.15) is 0 Å². The van der Waals surface area contributed by atoms with Gasteiger partial charge in [0.15, 0.2) is 0 Å². The molecule has 0 aromatic rings. The van der Waals surface area contributed by atoms with Gasteiger partial charge in [-0.05, 0) is 38.7 Å². The number of epoxide rings is 2. The van der Waals surface area contributed by atoms with Crippen LogP contribution in [-0.2, 0) is 19.0 Å². The van der Waals surface area contributed by atoms with Crippen molar-refractivity contribution in [3.8, 4) is 0 Å². The fourth-order valence-electron chi connectivity index (χ4n) is 6.43. The number of cyclic esters (lactones) is 1. The summed E-state index contributed by atoms with van der Waals surface area (Å²) in [6, 6.07) is 0. The van der Waals surface area contributed by atoms with Gasteiger partial charge >= 0.3 is 5.97 Å². The number of carbonyl (C=O) groups is 1. The summed E-state index contributed by atoms with van der Waals surface area (Å²) in [4.78, 5) is 11.6. The van der Waals surface area contributed by atoms with E-state index < -0.39 is 0 Å². The molecule has 0 bridgehead atoms. The fraction of sp³-hybridized carbons (Fsp3) is 0.914. The van der Waals surface area contributed by atoms with E-state index in [2.05, 4.69) is 6.92 Å². The highest BCUT2D eigenvalue weighted by molar-refractivity contribution is 5.90. The summed E-state index contributed by atoms with van der Waals surface area (Å²) in [7, 11) is 0. The van der Waals surface area contributed by atoms with E-state index >= 15 is 0 Å². The molecule has 0 aromatic heterocycles. The van der Waals surface area contributed by atoms with Gasteiger partial charge in [0.2, 0.25) is 0 Å².